The first-order chi connectivity index (χ1) is 15.4. The molecule has 1 saturated heterocycles. The van der Waals surface area contributed by atoms with Crippen molar-refractivity contribution in [2.75, 3.05) is 4.90 Å². The number of hydrogen-bond acceptors (Lipinski definition) is 4. The van der Waals surface area contributed by atoms with Crippen LogP contribution in [-0.4, -0.2) is 26.5 Å². The van der Waals surface area contributed by atoms with Crippen molar-refractivity contribution in [1.29, 1.82) is 0 Å². The summed E-state index contributed by atoms with van der Waals surface area (Å²) in [6.45, 7) is 0. The van der Waals surface area contributed by atoms with Gasteiger partial charge in [0.15, 0.2) is 5.11 Å². The van der Waals surface area contributed by atoms with Crippen LogP contribution >= 0.6 is 12.2 Å². The molecule has 0 amide bonds. The third-order valence-electron chi connectivity index (χ3n) is 5.80. The van der Waals surface area contributed by atoms with Gasteiger partial charge in [-0.05, 0) is 73.4 Å². The average Bonchev–Trinajstić information content (AvgIpc) is 3.10. The largest absolute Gasteiger partial charge is 0.508 e. The molecular formula is C25H25FN2O3S. The monoisotopic (exact) mass is 452 g/mol. The highest BCUT2D eigenvalue weighted by Gasteiger charge is 2.40. The van der Waals surface area contributed by atoms with E-state index in [0.29, 0.717) is 35.5 Å². The van der Waals surface area contributed by atoms with Gasteiger partial charge in [0, 0.05) is 17.3 Å². The molecule has 0 aromatic heterocycles. The second-order valence-corrected chi connectivity index (χ2v) is 8.33. The second-order valence-electron chi connectivity index (χ2n) is 7.95. The zero-order valence-electron chi connectivity index (χ0n) is 17.4. The van der Waals surface area contributed by atoms with E-state index in [0.717, 1.165) is 5.69 Å². The molecule has 0 aliphatic carbocycles. The number of nitrogens with zero attached hydrogens (tertiary/aromatic N) is 1. The zero-order valence-corrected chi connectivity index (χ0v) is 18.2. The number of aliphatic hydroxyl groups excluding tert-OH is 1. The van der Waals surface area contributed by atoms with Crippen molar-refractivity contribution in [2.24, 2.45) is 0 Å². The van der Waals surface area contributed by atoms with Crippen molar-refractivity contribution in [3.05, 3.63) is 89.7 Å². The van der Waals surface area contributed by atoms with E-state index in [4.69, 9.17) is 12.2 Å². The van der Waals surface area contributed by atoms with E-state index < -0.39 is 6.10 Å². The number of rotatable bonds is 7. The molecule has 0 radical (unpaired) electrons. The average molecular weight is 453 g/mol. The van der Waals surface area contributed by atoms with E-state index in [1.807, 2.05) is 35.2 Å². The first kappa shape index (κ1) is 22.0. The molecule has 7 heteroatoms. The molecule has 3 atom stereocenters. The van der Waals surface area contributed by atoms with E-state index in [1.54, 1.807) is 24.3 Å². The van der Waals surface area contributed by atoms with E-state index >= 15 is 0 Å². The Kier molecular flexibility index (Phi) is 6.58. The van der Waals surface area contributed by atoms with Crippen LogP contribution in [0.25, 0.3) is 0 Å². The molecule has 0 spiro atoms. The number of phenols is 2. The molecule has 3 aromatic carbocycles. The van der Waals surface area contributed by atoms with Crippen LogP contribution in [0.1, 0.15) is 42.5 Å². The van der Waals surface area contributed by atoms with Crippen LogP contribution in [0.5, 0.6) is 11.5 Å². The molecule has 1 fully saturated rings. The summed E-state index contributed by atoms with van der Waals surface area (Å²) in [6, 6.07) is 19.8. The van der Waals surface area contributed by atoms with Gasteiger partial charge in [-0.1, -0.05) is 30.3 Å². The number of para-hydroxylation sites is 1. The van der Waals surface area contributed by atoms with Crippen LogP contribution in [0.3, 0.4) is 0 Å². The van der Waals surface area contributed by atoms with Gasteiger partial charge in [0.25, 0.3) is 0 Å². The van der Waals surface area contributed by atoms with E-state index in [1.165, 1.54) is 18.2 Å². The van der Waals surface area contributed by atoms with Crippen molar-refractivity contribution in [1.82, 2.24) is 5.32 Å². The van der Waals surface area contributed by atoms with Gasteiger partial charge in [0.05, 0.1) is 18.2 Å². The third-order valence-corrected chi connectivity index (χ3v) is 6.12. The number of aliphatic hydroxyl groups is 1. The highest BCUT2D eigenvalue weighted by Crippen LogP contribution is 2.41. The molecule has 1 heterocycles. The van der Waals surface area contributed by atoms with Gasteiger partial charge in [0.2, 0.25) is 0 Å². The van der Waals surface area contributed by atoms with Crippen LogP contribution < -0.4 is 10.2 Å². The highest BCUT2D eigenvalue weighted by molar-refractivity contribution is 7.80. The molecule has 4 N–H and O–H groups in total. The maximum atomic E-state index is 13.1. The molecule has 1 aliphatic heterocycles. The van der Waals surface area contributed by atoms with Crippen molar-refractivity contribution in [3.63, 3.8) is 0 Å². The fourth-order valence-electron chi connectivity index (χ4n) is 4.23. The number of aromatic hydroxyl groups is 2. The highest BCUT2D eigenvalue weighted by atomic mass is 32.1. The lowest BCUT2D eigenvalue weighted by Gasteiger charge is -2.29. The Hall–Kier alpha value is -3.16. The summed E-state index contributed by atoms with van der Waals surface area (Å²) < 4.78 is 13.1. The SMILES string of the molecule is Oc1ccc(C2C(CCCC(O)c3ccc(F)cc3)NC(=S)N2c2ccccc2)c(O)c1. The summed E-state index contributed by atoms with van der Waals surface area (Å²) >= 11 is 5.64. The van der Waals surface area contributed by atoms with Crippen molar-refractivity contribution in [2.45, 2.75) is 37.5 Å². The predicted molar refractivity (Wildman–Crippen MR) is 126 cm³/mol. The van der Waals surface area contributed by atoms with E-state index in [2.05, 4.69) is 5.32 Å². The maximum absolute atomic E-state index is 13.1. The molecule has 5 nitrogen and oxygen atoms in total. The lowest BCUT2D eigenvalue weighted by Crippen LogP contribution is -2.29. The predicted octanol–water partition coefficient (Wildman–Crippen LogP) is 4.95. The molecule has 3 aromatic rings. The third kappa shape index (κ3) is 4.69. The number of anilines is 1. The lowest BCUT2D eigenvalue weighted by molar-refractivity contribution is 0.162. The Bertz CT molecular complexity index is 1080. The fraction of sp³-hybridized carbons (Fsp3) is 0.240. The molecule has 0 bridgehead atoms. The number of phenolic OH excluding ortho intramolecular Hbond substituents is 2. The van der Waals surface area contributed by atoms with E-state index in [9.17, 15) is 19.7 Å². The maximum Gasteiger partial charge on any atom is 0.174 e. The Morgan fingerprint density at radius 1 is 1.00 bits per heavy atom. The molecule has 1 aliphatic rings. The Labute approximate surface area is 191 Å². The first-order valence-electron chi connectivity index (χ1n) is 10.5. The van der Waals surface area contributed by atoms with Crippen molar-refractivity contribution >= 4 is 23.0 Å². The number of thiocarbonyl (C=S) groups is 1. The Morgan fingerprint density at radius 3 is 2.41 bits per heavy atom. The zero-order chi connectivity index (χ0) is 22.7. The van der Waals surface area contributed by atoms with Gasteiger partial charge < -0.3 is 25.5 Å². The number of benzene rings is 3. The summed E-state index contributed by atoms with van der Waals surface area (Å²) in [5, 5.41) is 34.7. The number of nitrogens with one attached hydrogen (secondary N) is 1. The van der Waals surface area contributed by atoms with Gasteiger partial charge in [-0.15, -0.1) is 0 Å². The Morgan fingerprint density at radius 2 is 1.72 bits per heavy atom. The van der Waals surface area contributed by atoms with Gasteiger partial charge in [0.1, 0.15) is 17.3 Å². The topological polar surface area (TPSA) is 76.0 Å². The standard InChI is InChI=1S/C25H25FN2O3S/c26-17-11-9-16(10-12-17)22(30)8-4-7-21-24(20-14-13-19(29)15-23(20)31)28(25(32)27-21)18-5-2-1-3-6-18/h1-3,5-6,9-15,21-22,24,29-31H,4,7-8H2,(H,27,32). The number of hydrogen-bond donors (Lipinski definition) is 4. The minimum absolute atomic E-state index is 0.00113. The summed E-state index contributed by atoms with van der Waals surface area (Å²) in [6.07, 6.45) is 1.20. The molecular weight excluding hydrogens is 427 g/mol. The first-order valence-corrected chi connectivity index (χ1v) is 10.9. The van der Waals surface area contributed by atoms with Crippen LogP contribution in [0.15, 0.2) is 72.8 Å². The molecule has 166 valence electrons. The lowest BCUT2D eigenvalue weighted by atomic mass is 9.93. The Balaban J connectivity index is 1.54. The normalized spacial score (nSPS) is 19.1. The summed E-state index contributed by atoms with van der Waals surface area (Å²) in [4.78, 5) is 1.97. The summed E-state index contributed by atoms with van der Waals surface area (Å²) in [7, 11) is 0. The number of halogens is 1. The van der Waals surface area contributed by atoms with Gasteiger partial charge in [-0.2, -0.15) is 0 Å². The minimum atomic E-state index is -0.685. The smallest absolute Gasteiger partial charge is 0.174 e. The molecule has 3 unspecified atom stereocenters. The van der Waals surface area contributed by atoms with Crippen molar-refractivity contribution < 1.29 is 19.7 Å². The van der Waals surface area contributed by atoms with Gasteiger partial charge in [-0.3, -0.25) is 0 Å². The van der Waals surface area contributed by atoms with Crippen LogP contribution in [-0.2, 0) is 0 Å². The van der Waals surface area contributed by atoms with Gasteiger partial charge in [-0.25, -0.2) is 4.39 Å². The summed E-state index contributed by atoms with van der Waals surface area (Å²) in [5.74, 6) is -0.342. The minimum Gasteiger partial charge on any atom is -0.508 e. The van der Waals surface area contributed by atoms with Crippen molar-refractivity contribution in [3.8, 4) is 11.5 Å². The van der Waals surface area contributed by atoms with Crippen LogP contribution in [0, 0.1) is 5.82 Å². The van der Waals surface area contributed by atoms with Gasteiger partial charge >= 0.3 is 0 Å². The molecule has 0 saturated carbocycles. The quantitative estimate of drug-likeness (QED) is 0.380. The van der Waals surface area contributed by atoms with Crippen LogP contribution in [0.4, 0.5) is 10.1 Å². The molecule has 4 rings (SSSR count). The molecule has 32 heavy (non-hydrogen) atoms. The fourth-order valence-corrected chi connectivity index (χ4v) is 4.60. The van der Waals surface area contributed by atoms with E-state index in [-0.39, 0.29) is 29.4 Å². The van der Waals surface area contributed by atoms with Crippen LogP contribution in [0.2, 0.25) is 0 Å². The second kappa shape index (κ2) is 9.54. The summed E-state index contributed by atoms with van der Waals surface area (Å²) in [5.41, 5.74) is 2.24.